The molecule has 0 radical (unpaired) electrons. The zero-order valence-electron chi connectivity index (χ0n) is 17.1. The van der Waals surface area contributed by atoms with E-state index in [1.54, 1.807) is 6.92 Å². The summed E-state index contributed by atoms with van der Waals surface area (Å²) in [6.45, 7) is 12.1. The van der Waals surface area contributed by atoms with Gasteiger partial charge in [-0.15, -0.1) is 0 Å². The van der Waals surface area contributed by atoms with Gasteiger partial charge in [-0.25, -0.2) is 4.79 Å². The van der Waals surface area contributed by atoms with Crippen molar-refractivity contribution in [1.82, 2.24) is 0 Å². The van der Waals surface area contributed by atoms with Crippen molar-refractivity contribution in [2.24, 2.45) is 5.92 Å². The number of unbranched alkanes of at least 4 members (excludes halogenated alkanes) is 1. The summed E-state index contributed by atoms with van der Waals surface area (Å²) in [4.78, 5) is 23.0. The Kier molecular flexibility index (Phi) is 17.0. The first-order chi connectivity index (χ1) is 13.0. The van der Waals surface area contributed by atoms with E-state index in [1.165, 1.54) is 0 Å². The maximum atomic E-state index is 11.9. The van der Waals surface area contributed by atoms with Gasteiger partial charge in [0.15, 0.2) is 0 Å². The highest BCUT2D eigenvalue weighted by Crippen LogP contribution is 2.14. The largest absolute Gasteiger partial charge is 0.463 e. The molecule has 7 heteroatoms. The van der Waals surface area contributed by atoms with Crippen molar-refractivity contribution < 1.29 is 33.3 Å². The van der Waals surface area contributed by atoms with E-state index in [0.717, 1.165) is 25.7 Å². The lowest BCUT2D eigenvalue weighted by Gasteiger charge is -2.13. The van der Waals surface area contributed by atoms with Crippen LogP contribution in [0, 0.1) is 5.92 Å². The topological polar surface area (TPSA) is 80.3 Å². The monoisotopic (exact) mass is 388 g/mol. The number of rotatable bonds is 18. The summed E-state index contributed by atoms with van der Waals surface area (Å²) < 4.78 is 26.1. The average molecular weight is 389 g/mol. The lowest BCUT2D eigenvalue weighted by atomic mass is 10.00. The molecule has 0 bridgehead atoms. The molecule has 0 heterocycles. The average Bonchev–Trinajstić information content (AvgIpc) is 2.65. The van der Waals surface area contributed by atoms with Crippen molar-refractivity contribution in [3.05, 3.63) is 12.2 Å². The second-order valence-electron chi connectivity index (χ2n) is 6.17. The summed E-state index contributed by atoms with van der Waals surface area (Å²) in [7, 11) is 0. The summed E-state index contributed by atoms with van der Waals surface area (Å²) in [5, 5.41) is 0. The predicted octanol–water partition coefficient (Wildman–Crippen LogP) is 2.92. The fourth-order valence-electron chi connectivity index (χ4n) is 2.12. The van der Waals surface area contributed by atoms with E-state index in [2.05, 4.69) is 13.5 Å². The van der Waals surface area contributed by atoms with Crippen molar-refractivity contribution in [3.63, 3.8) is 0 Å². The third-order valence-corrected chi connectivity index (χ3v) is 3.76. The van der Waals surface area contributed by atoms with E-state index >= 15 is 0 Å². The Labute approximate surface area is 163 Å². The molecule has 0 rings (SSSR count). The molecule has 1 unspecified atom stereocenters. The summed E-state index contributed by atoms with van der Waals surface area (Å²) >= 11 is 0. The van der Waals surface area contributed by atoms with Crippen LogP contribution in [0.5, 0.6) is 0 Å². The van der Waals surface area contributed by atoms with Crippen LogP contribution in [0.3, 0.4) is 0 Å². The number of ether oxygens (including phenoxy) is 5. The Bertz CT molecular complexity index is 409. The highest BCUT2D eigenvalue weighted by atomic mass is 16.6. The summed E-state index contributed by atoms with van der Waals surface area (Å²) in [6, 6.07) is 0. The molecule has 0 aromatic rings. The van der Waals surface area contributed by atoms with E-state index in [-0.39, 0.29) is 25.1 Å². The zero-order valence-corrected chi connectivity index (χ0v) is 17.1. The Morgan fingerprint density at radius 2 is 1.30 bits per heavy atom. The highest BCUT2D eigenvalue weighted by molar-refractivity contribution is 5.86. The number of esters is 2. The number of carbonyl (C=O) groups is 2. The van der Waals surface area contributed by atoms with Gasteiger partial charge in [-0.1, -0.05) is 33.3 Å². The molecule has 158 valence electrons. The minimum absolute atomic E-state index is 0.00222. The fourth-order valence-corrected chi connectivity index (χ4v) is 2.12. The van der Waals surface area contributed by atoms with Crippen LogP contribution in [0.25, 0.3) is 0 Å². The maximum Gasteiger partial charge on any atom is 0.333 e. The van der Waals surface area contributed by atoms with Crippen molar-refractivity contribution in [1.29, 1.82) is 0 Å². The van der Waals surface area contributed by atoms with Crippen molar-refractivity contribution in [2.75, 3.05) is 52.9 Å². The fraction of sp³-hybridized carbons (Fsp3) is 0.800. The van der Waals surface area contributed by atoms with Gasteiger partial charge in [0, 0.05) is 5.57 Å². The lowest BCUT2D eigenvalue weighted by molar-refractivity contribution is -0.150. The van der Waals surface area contributed by atoms with Crippen LogP contribution in [0.4, 0.5) is 0 Å². The Balaban J connectivity index is 3.36. The number of hydrogen-bond donors (Lipinski definition) is 0. The van der Waals surface area contributed by atoms with Crippen LogP contribution in [-0.4, -0.2) is 64.8 Å². The van der Waals surface area contributed by atoms with Crippen LogP contribution in [0.1, 0.15) is 46.5 Å². The minimum Gasteiger partial charge on any atom is -0.463 e. The molecule has 7 nitrogen and oxygen atoms in total. The van der Waals surface area contributed by atoms with Gasteiger partial charge in [0.25, 0.3) is 0 Å². The molecule has 0 N–H and O–H groups in total. The second kappa shape index (κ2) is 17.9. The summed E-state index contributed by atoms with van der Waals surface area (Å²) in [5.74, 6) is -0.543. The predicted molar refractivity (Wildman–Crippen MR) is 102 cm³/mol. The third kappa shape index (κ3) is 15.3. The van der Waals surface area contributed by atoms with Crippen molar-refractivity contribution in [3.8, 4) is 0 Å². The lowest BCUT2D eigenvalue weighted by Crippen LogP contribution is -2.20. The molecular weight excluding hydrogens is 352 g/mol. The first kappa shape index (κ1) is 25.6. The van der Waals surface area contributed by atoms with Gasteiger partial charge in [-0.2, -0.15) is 0 Å². The van der Waals surface area contributed by atoms with E-state index in [1.807, 2.05) is 6.92 Å². The van der Waals surface area contributed by atoms with Crippen molar-refractivity contribution >= 4 is 11.9 Å². The SMILES string of the molecule is C=C(C)C(=O)OCCOCCOCCOCCOC(=O)C(CC)CCCC. The summed E-state index contributed by atoms with van der Waals surface area (Å²) in [5.41, 5.74) is 0.370. The van der Waals surface area contributed by atoms with E-state index < -0.39 is 5.97 Å². The van der Waals surface area contributed by atoms with Crippen LogP contribution in [0.15, 0.2) is 12.2 Å². The standard InChI is InChI=1S/C20H36O7/c1-5-7-8-18(6-2)20(22)27-16-14-25-12-10-23-9-11-24-13-15-26-19(21)17(3)4/h18H,3,5-16H2,1-2,4H3. The van der Waals surface area contributed by atoms with E-state index in [4.69, 9.17) is 23.7 Å². The quantitative estimate of drug-likeness (QED) is 0.203. The molecule has 0 fully saturated rings. The Morgan fingerprint density at radius 1 is 0.815 bits per heavy atom. The van der Waals surface area contributed by atoms with Crippen molar-refractivity contribution in [2.45, 2.75) is 46.5 Å². The van der Waals surface area contributed by atoms with E-state index in [0.29, 0.717) is 45.2 Å². The molecule has 0 amide bonds. The number of hydrogen-bond acceptors (Lipinski definition) is 7. The highest BCUT2D eigenvalue weighted by Gasteiger charge is 2.16. The third-order valence-electron chi connectivity index (χ3n) is 3.76. The summed E-state index contributed by atoms with van der Waals surface area (Å²) in [6.07, 6.45) is 3.83. The molecule has 0 aliphatic rings. The first-order valence-electron chi connectivity index (χ1n) is 9.75. The van der Waals surface area contributed by atoms with Crippen LogP contribution >= 0.6 is 0 Å². The van der Waals surface area contributed by atoms with Gasteiger partial charge in [0.2, 0.25) is 0 Å². The van der Waals surface area contributed by atoms with E-state index in [9.17, 15) is 9.59 Å². The maximum absolute atomic E-state index is 11.9. The molecule has 0 saturated carbocycles. The molecule has 0 aromatic heterocycles. The first-order valence-corrected chi connectivity index (χ1v) is 9.75. The molecule has 0 saturated heterocycles. The molecule has 0 spiro atoms. The molecule has 1 atom stereocenters. The van der Waals surface area contributed by atoms with Gasteiger partial charge < -0.3 is 23.7 Å². The van der Waals surface area contributed by atoms with Crippen LogP contribution in [-0.2, 0) is 33.3 Å². The molecule has 0 aromatic carbocycles. The number of carbonyl (C=O) groups excluding carboxylic acids is 2. The van der Waals surface area contributed by atoms with Gasteiger partial charge in [0.05, 0.1) is 45.6 Å². The van der Waals surface area contributed by atoms with Gasteiger partial charge in [0.1, 0.15) is 13.2 Å². The molecule has 0 aliphatic heterocycles. The van der Waals surface area contributed by atoms with Crippen LogP contribution in [0.2, 0.25) is 0 Å². The van der Waals surface area contributed by atoms with Gasteiger partial charge >= 0.3 is 11.9 Å². The normalized spacial score (nSPS) is 11.8. The molecular formula is C20H36O7. The Morgan fingerprint density at radius 3 is 1.74 bits per heavy atom. The smallest absolute Gasteiger partial charge is 0.333 e. The minimum atomic E-state index is -0.413. The molecule has 0 aliphatic carbocycles. The van der Waals surface area contributed by atoms with Gasteiger partial charge in [-0.3, -0.25) is 4.79 Å². The Hall–Kier alpha value is -1.44. The molecule has 27 heavy (non-hydrogen) atoms. The van der Waals surface area contributed by atoms with Crippen LogP contribution < -0.4 is 0 Å². The zero-order chi connectivity index (χ0) is 20.3. The second-order valence-corrected chi connectivity index (χ2v) is 6.17. The van der Waals surface area contributed by atoms with Gasteiger partial charge in [-0.05, 0) is 19.8 Å².